The topological polar surface area (TPSA) is 88.5 Å². The van der Waals surface area contributed by atoms with E-state index in [0.29, 0.717) is 42.6 Å². The van der Waals surface area contributed by atoms with E-state index in [1.165, 1.54) is 0 Å². The van der Waals surface area contributed by atoms with Crippen LogP contribution in [-0.4, -0.2) is 24.6 Å². The van der Waals surface area contributed by atoms with Gasteiger partial charge in [0.25, 0.3) is 0 Å². The van der Waals surface area contributed by atoms with E-state index in [0.717, 1.165) is 57.1 Å². The zero-order valence-corrected chi connectivity index (χ0v) is 16.7. The van der Waals surface area contributed by atoms with Crippen molar-refractivity contribution in [3.8, 4) is 6.07 Å². The molecule has 0 aromatic heterocycles. The van der Waals surface area contributed by atoms with Crippen molar-refractivity contribution < 1.29 is 9.63 Å². The molecule has 0 bridgehead atoms. The number of ketones is 1. The highest BCUT2D eigenvalue weighted by Gasteiger charge is 2.62. The lowest BCUT2D eigenvalue weighted by Crippen LogP contribution is -2.56. The Morgan fingerprint density at radius 1 is 1.22 bits per heavy atom. The standard InChI is InChI=1S/C22H33N3O2/c1-21-7-5-15(25-27-10-9-23)12-19(21)14(13-24)11-16-17-3-4-20(26)22(17,2)8-6-18(16)21/h14,16-19H,3-12,23H2,1-2H3/b25-15+/t14-,16+,17+,18+,19-,21-,22+/m1/s1. The van der Waals surface area contributed by atoms with Gasteiger partial charge in [-0.25, -0.2) is 0 Å². The highest BCUT2D eigenvalue weighted by molar-refractivity contribution is 5.87. The summed E-state index contributed by atoms with van der Waals surface area (Å²) in [7, 11) is 0. The molecule has 0 unspecified atom stereocenters. The molecule has 27 heavy (non-hydrogen) atoms. The van der Waals surface area contributed by atoms with Crippen molar-refractivity contribution in [1.82, 2.24) is 0 Å². The van der Waals surface area contributed by atoms with Gasteiger partial charge in [0.1, 0.15) is 12.4 Å². The van der Waals surface area contributed by atoms with Gasteiger partial charge in [0.15, 0.2) is 0 Å². The summed E-state index contributed by atoms with van der Waals surface area (Å²) in [6, 6.07) is 2.65. The third kappa shape index (κ3) is 2.83. The van der Waals surface area contributed by atoms with Crippen molar-refractivity contribution >= 4 is 11.5 Å². The van der Waals surface area contributed by atoms with Crippen LogP contribution in [0.15, 0.2) is 5.16 Å². The third-order valence-corrected chi connectivity index (χ3v) is 8.83. The number of nitrogens with zero attached hydrogens (tertiary/aromatic N) is 2. The number of hydrogen-bond acceptors (Lipinski definition) is 5. The molecule has 4 aliphatic rings. The Morgan fingerprint density at radius 2 is 2.04 bits per heavy atom. The molecule has 4 fully saturated rings. The van der Waals surface area contributed by atoms with Crippen LogP contribution < -0.4 is 5.73 Å². The van der Waals surface area contributed by atoms with E-state index in [-0.39, 0.29) is 16.7 Å². The molecule has 0 aliphatic heterocycles. The number of hydrogen-bond donors (Lipinski definition) is 1. The van der Waals surface area contributed by atoms with E-state index >= 15 is 0 Å². The summed E-state index contributed by atoms with van der Waals surface area (Å²) >= 11 is 0. The normalized spacial score (nSPS) is 47.7. The van der Waals surface area contributed by atoms with Crippen molar-refractivity contribution in [2.75, 3.05) is 13.2 Å². The first-order chi connectivity index (χ1) is 12.9. The predicted molar refractivity (Wildman–Crippen MR) is 104 cm³/mol. The molecule has 4 saturated carbocycles. The van der Waals surface area contributed by atoms with Crippen LogP contribution in [0.2, 0.25) is 0 Å². The Bertz CT molecular complexity index is 684. The second-order valence-corrected chi connectivity index (χ2v) is 9.86. The number of nitrogens with two attached hydrogens (primary N) is 1. The lowest BCUT2D eigenvalue weighted by atomic mass is 9.43. The van der Waals surface area contributed by atoms with Gasteiger partial charge in [-0.05, 0) is 74.0 Å². The van der Waals surface area contributed by atoms with Crippen LogP contribution in [0.4, 0.5) is 0 Å². The van der Waals surface area contributed by atoms with Crippen LogP contribution in [0.25, 0.3) is 0 Å². The number of nitriles is 1. The lowest BCUT2D eigenvalue weighted by Gasteiger charge is -2.60. The Hall–Kier alpha value is -1.41. The molecule has 148 valence electrons. The van der Waals surface area contributed by atoms with Gasteiger partial charge in [-0.2, -0.15) is 5.26 Å². The minimum absolute atomic E-state index is 0.0642. The fourth-order valence-electron chi connectivity index (χ4n) is 7.33. The van der Waals surface area contributed by atoms with Gasteiger partial charge in [0.2, 0.25) is 0 Å². The molecule has 0 spiro atoms. The van der Waals surface area contributed by atoms with Gasteiger partial charge in [-0.3, -0.25) is 4.79 Å². The van der Waals surface area contributed by atoms with Crippen LogP contribution in [0.5, 0.6) is 0 Å². The second-order valence-electron chi connectivity index (χ2n) is 9.86. The van der Waals surface area contributed by atoms with Gasteiger partial charge >= 0.3 is 0 Å². The molecule has 7 atom stereocenters. The third-order valence-electron chi connectivity index (χ3n) is 8.83. The Balaban J connectivity index is 1.60. The largest absolute Gasteiger partial charge is 0.395 e. The summed E-state index contributed by atoms with van der Waals surface area (Å²) in [5.74, 6) is 2.56. The molecule has 5 heteroatoms. The van der Waals surface area contributed by atoms with E-state index in [1.807, 2.05) is 0 Å². The summed E-state index contributed by atoms with van der Waals surface area (Å²) in [4.78, 5) is 17.9. The maximum absolute atomic E-state index is 12.6. The smallest absolute Gasteiger partial charge is 0.139 e. The maximum Gasteiger partial charge on any atom is 0.139 e. The van der Waals surface area contributed by atoms with Crippen LogP contribution in [0.1, 0.15) is 65.2 Å². The molecule has 0 aromatic carbocycles. The zero-order valence-electron chi connectivity index (χ0n) is 16.7. The highest BCUT2D eigenvalue weighted by atomic mass is 16.6. The van der Waals surface area contributed by atoms with Crippen LogP contribution >= 0.6 is 0 Å². The van der Waals surface area contributed by atoms with Gasteiger partial charge in [-0.1, -0.05) is 19.0 Å². The fraction of sp³-hybridized carbons (Fsp3) is 0.864. The summed E-state index contributed by atoms with van der Waals surface area (Å²) in [6.45, 7) is 5.56. The molecule has 2 N–H and O–H groups in total. The molecule has 5 nitrogen and oxygen atoms in total. The molecular weight excluding hydrogens is 338 g/mol. The van der Waals surface area contributed by atoms with Gasteiger partial charge in [0.05, 0.1) is 17.7 Å². The number of oxime groups is 1. The molecule has 0 saturated heterocycles. The van der Waals surface area contributed by atoms with Crippen molar-refractivity contribution in [1.29, 1.82) is 5.26 Å². The Kier molecular flexibility index (Phi) is 4.83. The minimum atomic E-state index is -0.123. The molecule has 4 rings (SSSR count). The van der Waals surface area contributed by atoms with E-state index in [9.17, 15) is 10.1 Å². The van der Waals surface area contributed by atoms with Crippen LogP contribution in [0.3, 0.4) is 0 Å². The van der Waals surface area contributed by atoms with Crippen LogP contribution in [-0.2, 0) is 9.63 Å². The Labute approximate surface area is 162 Å². The van der Waals surface area contributed by atoms with Gasteiger partial charge < -0.3 is 10.6 Å². The summed E-state index contributed by atoms with van der Waals surface area (Å²) in [5, 5.41) is 14.3. The molecule has 0 aromatic rings. The maximum atomic E-state index is 12.6. The summed E-state index contributed by atoms with van der Waals surface area (Å²) < 4.78 is 0. The average Bonchev–Trinajstić information content (AvgIpc) is 2.96. The zero-order chi connectivity index (χ0) is 19.2. The fourth-order valence-corrected chi connectivity index (χ4v) is 7.33. The van der Waals surface area contributed by atoms with E-state index in [2.05, 4.69) is 25.1 Å². The minimum Gasteiger partial charge on any atom is -0.395 e. The van der Waals surface area contributed by atoms with Gasteiger partial charge in [-0.15, -0.1) is 0 Å². The number of carbonyl (C=O) groups excluding carboxylic acids is 1. The van der Waals surface area contributed by atoms with E-state index < -0.39 is 0 Å². The van der Waals surface area contributed by atoms with Crippen molar-refractivity contribution in [2.24, 2.45) is 51.3 Å². The van der Waals surface area contributed by atoms with Crippen molar-refractivity contribution in [3.63, 3.8) is 0 Å². The second kappa shape index (κ2) is 6.88. The molecule has 0 amide bonds. The first-order valence-corrected chi connectivity index (χ1v) is 10.7. The first-order valence-electron chi connectivity index (χ1n) is 10.7. The number of Topliss-reactive ketones (excluding diaryl/α,β-unsaturated/α-hetero) is 1. The van der Waals surface area contributed by atoms with E-state index in [1.54, 1.807) is 0 Å². The Morgan fingerprint density at radius 3 is 2.78 bits per heavy atom. The van der Waals surface area contributed by atoms with E-state index in [4.69, 9.17) is 10.6 Å². The quantitative estimate of drug-likeness (QED) is 0.605. The molecular formula is C22H33N3O2. The lowest BCUT2D eigenvalue weighted by molar-refractivity contribution is -0.139. The monoisotopic (exact) mass is 371 g/mol. The predicted octanol–water partition coefficient (Wildman–Crippen LogP) is 3.68. The molecule has 0 heterocycles. The highest BCUT2D eigenvalue weighted by Crippen LogP contribution is 2.66. The summed E-state index contributed by atoms with van der Waals surface area (Å²) in [5.41, 5.74) is 6.65. The van der Waals surface area contributed by atoms with Crippen molar-refractivity contribution in [2.45, 2.75) is 65.2 Å². The number of rotatable bonds is 3. The van der Waals surface area contributed by atoms with Gasteiger partial charge in [0, 0.05) is 18.4 Å². The number of carbonyl (C=O) groups is 1. The molecule has 0 radical (unpaired) electrons. The van der Waals surface area contributed by atoms with Crippen LogP contribution in [0, 0.1) is 51.8 Å². The average molecular weight is 372 g/mol. The molecule has 4 aliphatic carbocycles. The first kappa shape index (κ1) is 18.9. The van der Waals surface area contributed by atoms with Crippen molar-refractivity contribution in [3.05, 3.63) is 0 Å². The number of fused-ring (bicyclic) bond motifs is 5. The summed E-state index contributed by atoms with van der Waals surface area (Å²) in [6.07, 6.45) is 7.85. The SMILES string of the molecule is C[C@]12CC/C(=N\OCCN)C[C@@H]1[C@@H](C#N)C[C@@H]1[C@@H]2CC[C@]2(C)C(=O)CC[C@@H]12.